The number of aryl methyl sites for hydroxylation is 4. The summed E-state index contributed by atoms with van der Waals surface area (Å²) < 4.78 is 40.7. The van der Waals surface area contributed by atoms with E-state index in [4.69, 9.17) is 0 Å². The third-order valence-corrected chi connectivity index (χ3v) is 5.15. The van der Waals surface area contributed by atoms with E-state index in [2.05, 4.69) is 48.0 Å². The van der Waals surface area contributed by atoms with Gasteiger partial charge in [0.15, 0.2) is 0 Å². The van der Waals surface area contributed by atoms with E-state index in [1.165, 1.54) is 23.9 Å². The Morgan fingerprint density at radius 3 is 2.26 bits per heavy atom. The molecule has 1 N–H and O–H groups in total. The summed E-state index contributed by atoms with van der Waals surface area (Å²) in [4.78, 5) is 12.2. The van der Waals surface area contributed by atoms with E-state index >= 15 is 0 Å². The zero-order valence-electron chi connectivity index (χ0n) is 18.1. The summed E-state index contributed by atoms with van der Waals surface area (Å²) in [6.45, 7) is 10.1. The van der Waals surface area contributed by atoms with Crippen LogP contribution < -0.4 is 5.43 Å². The molecular weight excluding hydrogens is 403 g/mol. The van der Waals surface area contributed by atoms with Crippen LogP contribution in [0.3, 0.4) is 0 Å². The molecule has 0 saturated carbocycles. The van der Waals surface area contributed by atoms with Crippen LogP contribution in [0.15, 0.2) is 47.6 Å². The quantitative estimate of drug-likeness (QED) is 0.415. The summed E-state index contributed by atoms with van der Waals surface area (Å²) >= 11 is 0. The summed E-state index contributed by atoms with van der Waals surface area (Å²) in [6.07, 6.45) is -3.01. The number of hydrogen-bond donors (Lipinski definition) is 1. The van der Waals surface area contributed by atoms with Crippen molar-refractivity contribution in [3.63, 3.8) is 0 Å². The molecule has 2 aromatic carbocycles. The average molecular weight is 427 g/mol. The van der Waals surface area contributed by atoms with E-state index in [1.54, 1.807) is 0 Å². The number of carbonyl (C=O) groups excluding carboxylic acids is 1. The maximum absolute atomic E-state index is 12.8. The smallest absolute Gasteiger partial charge is 0.317 e. The maximum Gasteiger partial charge on any atom is 0.416 e. The number of carbonyl (C=O) groups is 1. The number of benzene rings is 2. The highest BCUT2D eigenvalue weighted by Crippen LogP contribution is 2.29. The summed E-state index contributed by atoms with van der Waals surface area (Å²) in [5.74, 6) is -0.707. The lowest BCUT2D eigenvalue weighted by Gasteiger charge is -2.16. The lowest BCUT2D eigenvalue weighted by molar-refractivity contribution is -0.137. The number of halogens is 3. The van der Waals surface area contributed by atoms with Gasteiger partial charge in [0, 0.05) is 22.5 Å². The van der Waals surface area contributed by atoms with Gasteiger partial charge in [-0.15, -0.1) is 0 Å². The number of amides is 1. The third-order valence-electron chi connectivity index (χ3n) is 5.15. The van der Waals surface area contributed by atoms with E-state index in [-0.39, 0.29) is 5.56 Å². The van der Waals surface area contributed by atoms with Crippen LogP contribution in [0.5, 0.6) is 0 Å². The van der Waals surface area contributed by atoms with Gasteiger partial charge in [0.25, 0.3) is 5.91 Å². The Labute approximate surface area is 179 Å². The predicted octanol–water partition coefficient (Wildman–Crippen LogP) is 5.80. The monoisotopic (exact) mass is 427 g/mol. The number of hydrazone groups is 1. The first-order valence-electron chi connectivity index (χ1n) is 9.77. The number of rotatable bonds is 4. The maximum atomic E-state index is 12.8. The van der Waals surface area contributed by atoms with Crippen molar-refractivity contribution in [3.05, 3.63) is 87.2 Å². The fourth-order valence-corrected chi connectivity index (χ4v) is 3.85. The normalized spacial score (nSPS) is 11.9. The second-order valence-electron chi connectivity index (χ2n) is 7.69. The van der Waals surface area contributed by atoms with Crippen molar-refractivity contribution in [1.29, 1.82) is 0 Å². The number of alkyl halides is 3. The molecule has 0 bridgehead atoms. The second-order valence-corrected chi connectivity index (χ2v) is 7.69. The molecule has 3 rings (SSSR count). The minimum Gasteiger partial charge on any atom is -0.317 e. The van der Waals surface area contributed by atoms with Gasteiger partial charge in [-0.05, 0) is 70.0 Å². The van der Waals surface area contributed by atoms with Crippen LogP contribution in [-0.4, -0.2) is 16.7 Å². The van der Waals surface area contributed by atoms with Crippen LogP contribution in [0.25, 0.3) is 5.69 Å². The summed E-state index contributed by atoms with van der Waals surface area (Å²) in [5, 5.41) is 3.96. The lowest BCUT2D eigenvalue weighted by atomic mass is 10.0. The number of hydrogen-bond acceptors (Lipinski definition) is 2. The van der Waals surface area contributed by atoms with Gasteiger partial charge < -0.3 is 4.57 Å². The Kier molecular flexibility index (Phi) is 6.06. The molecule has 1 heterocycles. The molecule has 1 amide bonds. The average Bonchev–Trinajstić information content (AvgIpc) is 2.94. The van der Waals surface area contributed by atoms with Gasteiger partial charge >= 0.3 is 6.18 Å². The van der Waals surface area contributed by atoms with Crippen molar-refractivity contribution in [1.82, 2.24) is 9.99 Å². The minimum atomic E-state index is -4.51. The van der Waals surface area contributed by atoms with Crippen LogP contribution in [-0.2, 0) is 6.18 Å². The molecule has 0 aliphatic rings. The van der Waals surface area contributed by atoms with Gasteiger partial charge in [-0.3, -0.25) is 4.79 Å². The van der Waals surface area contributed by atoms with Crippen molar-refractivity contribution in [3.8, 4) is 5.69 Å². The first-order valence-corrected chi connectivity index (χ1v) is 9.77. The molecule has 0 aliphatic heterocycles. The molecular formula is C24H24F3N3O. The number of nitrogens with one attached hydrogen (secondary N) is 1. The van der Waals surface area contributed by atoms with Crippen LogP contribution >= 0.6 is 0 Å². The lowest BCUT2D eigenvalue weighted by Crippen LogP contribution is -2.18. The summed E-state index contributed by atoms with van der Waals surface area (Å²) in [5.41, 5.74) is 8.69. The topological polar surface area (TPSA) is 46.4 Å². The zero-order chi connectivity index (χ0) is 22.9. The molecule has 0 fully saturated rings. The van der Waals surface area contributed by atoms with Crippen LogP contribution in [0.2, 0.25) is 0 Å². The zero-order valence-corrected chi connectivity index (χ0v) is 18.1. The van der Waals surface area contributed by atoms with Gasteiger partial charge in [-0.2, -0.15) is 18.3 Å². The molecule has 1 aromatic heterocycles. The number of nitrogens with zero attached hydrogens (tertiary/aromatic N) is 2. The molecule has 0 unspecified atom stereocenters. The Bertz CT molecular complexity index is 1150. The van der Waals surface area contributed by atoms with E-state index < -0.39 is 17.6 Å². The Balaban J connectivity index is 1.84. The largest absolute Gasteiger partial charge is 0.416 e. The van der Waals surface area contributed by atoms with E-state index in [0.29, 0.717) is 0 Å². The van der Waals surface area contributed by atoms with Crippen molar-refractivity contribution in [2.45, 2.75) is 40.8 Å². The van der Waals surface area contributed by atoms with Gasteiger partial charge in [-0.1, -0.05) is 23.8 Å². The third kappa shape index (κ3) is 4.71. The highest BCUT2D eigenvalue weighted by Gasteiger charge is 2.30. The molecule has 0 atom stereocenters. The molecule has 31 heavy (non-hydrogen) atoms. The molecule has 4 nitrogen and oxygen atoms in total. The molecule has 0 saturated heterocycles. The summed E-state index contributed by atoms with van der Waals surface area (Å²) in [6, 6.07) is 10.4. The van der Waals surface area contributed by atoms with Crippen molar-refractivity contribution < 1.29 is 18.0 Å². The minimum absolute atomic E-state index is 0.108. The standard InChI is InChI=1S/C24H24F3N3O/c1-14-9-15(2)22(16(3)10-14)30-17(4)11-20(18(30)5)13-28-29-23(31)19-7-6-8-21(12-19)24(25,26)27/h6-13H,1-5H3,(H,29,31)/b28-13-. The first-order chi connectivity index (χ1) is 14.5. The van der Waals surface area contributed by atoms with Crippen molar-refractivity contribution in [2.24, 2.45) is 5.10 Å². The van der Waals surface area contributed by atoms with Crippen LogP contribution in [0, 0.1) is 34.6 Å². The molecule has 0 aliphatic carbocycles. The molecule has 0 radical (unpaired) electrons. The fraction of sp³-hybridized carbons (Fsp3) is 0.250. The Morgan fingerprint density at radius 2 is 1.65 bits per heavy atom. The predicted molar refractivity (Wildman–Crippen MR) is 116 cm³/mol. The van der Waals surface area contributed by atoms with E-state index in [0.717, 1.165) is 45.9 Å². The second kappa shape index (κ2) is 8.41. The SMILES string of the molecule is Cc1cc(C)c(-n2c(C)cc(/C=N\NC(=O)c3cccc(C(F)(F)F)c3)c2C)c(C)c1. The van der Waals surface area contributed by atoms with E-state index in [9.17, 15) is 18.0 Å². The van der Waals surface area contributed by atoms with Crippen molar-refractivity contribution in [2.75, 3.05) is 0 Å². The highest BCUT2D eigenvalue weighted by molar-refractivity contribution is 5.95. The van der Waals surface area contributed by atoms with Gasteiger partial charge in [0.1, 0.15) is 0 Å². The summed E-state index contributed by atoms with van der Waals surface area (Å²) in [7, 11) is 0. The van der Waals surface area contributed by atoms with E-state index in [1.807, 2.05) is 19.9 Å². The molecule has 3 aromatic rings. The first kappa shape index (κ1) is 22.3. The number of aromatic nitrogens is 1. The fourth-order valence-electron chi connectivity index (χ4n) is 3.85. The highest BCUT2D eigenvalue weighted by atomic mass is 19.4. The van der Waals surface area contributed by atoms with Crippen LogP contribution in [0.1, 0.15) is 49.6 Å². The van der Waals surface area contributed by atoms with Crippen LogP contribution in [0.4, 0.5) is 13.2 Å². The Hall–Kier alpha value is -3.35. The molecule has 0 spiro atoms. The molecule has 7 heteroatoms. The molecule has 162 valence electrons. The van der Waals surface area contributed by atoms with Gasteiger partial charge in [-0.25, -0.2) is 5.43 Å². The Morgan fingerprint density at radius 1 is 1.00 bits per heavy atom. The van der Waals surface area contributed by atoms with Gasteiger partial charge in [0.2, 0.25) is 0 Å². The van der Waals surface area contributed by atoms with Crippen molar-refractivity contribution >= 4 is 12.1 Å². The van der Waals surface area contributed by atoms with Gasteiger partial charge in [0.05, 0.1) is 17.5 Å².